The van der Waals surface area contributed by atoms with E-state index in [2.05, 4.69) is 5.32 Å². The Hall–Kier alpha value is -1.98. The van der Waals surface area contributed by atoms with Crippen LogP contribution in [0.3, 0.4) is 0 Å². The molecule has 4 nitrogen and oxygen atoms in total. The van der Waals surface area contributed by atoms with Crippen LogP contribution in [0.25, 0.3) is 0 Å². The van der Waals surface area contributed by atoms with Gasteiger partial charge in [-0.2, -0.15) is 4.39 Å². The van der Waals surface area contributed by atoms with Crippen molar-refractivity contribution in [3.05, 3.63) is 74.5 Å². The lowest BCUT2D eigenvalue weighted by atomic mass is 10.1. The molecule has 0 saturated heterocycles. The molecular weight excluding hydrogens is 295 g/mol. The van der Waals surface area contributed by atoms with Crippen molar-refractivity contribution >= 4 is 17.3 Å². The van der Waals surface area contributed by atoms with Gasteiger partial charge < -0.3 is 5.32 Å². The van der Waals surface area contributed by atoms with E-state index in [1.165, 1.54) is 12.1 Å². The first-order chi connectivity index (χ1) is 9.99. The second-order valence-corrected chi connectivity index (χ2v) is 5.10. The molecular formula is C15H14ClFN2O2. The van der Waals surface area contributed by atoms with E-state index < -0.39 is 16.4 Å². The molecule has 0 bridgehead atoms. The van der Waals surface area contributed by atoms with Crippen molar-refractivity contribution in [3.63, 3.8) is 0 Å². The summed E-state index contributed by atoms with van der Waals surface area (Å²) in [5.74, 6) is -0.798. The van der Waals surface area contributed by atoms with Crippen LogP contribution in [0.1, 0.15) is 24.1 Å². The molecule has 21 heavy (non-hydrogen) atoms. The van der Waals surface area contributed by atoms with E-state index >= 15 is 0 Å². The molecule has 1 N–H and O–H groups in total. The molecule has 0 aliphatic rings. The van der Waals surface area contributed by atoms with Gasteiger partial charge in [-0.1, -0.05) is 35.9 Å². The quantitative estimate of drug-likeness (QED) is 0.664. The number of halogens is 2. The molecule has 2 rings (SSSR count). The minimum atomic E-state index is -0.798. The van der Waals surface area contributed by atoms with Crippen LogP contribution >= 0.6 is 11.6 Å². The summed E-state index contributed by atoms with van der Waals surface area (Å²) in [5, 5.41) is 14.5. The van der Waals surface area contributed by atoms with Crippen LogP contribution in [0, 0.1) is 15.9 Å². The zero-order chi connectivity index (χ0) is 15.4. The first-order valence-corrected chi connectivity index (χ1v) is 6.77. The Labute approximate surface area is 126 Å². The molecule has 2 aromatic rings. The lowest BCUT2D eigenvalue weighted by Gasteiger charge is -2.15. The molecule has 6 heteroatoms. The van der Waals surface area contributed by atoms with Gasteiger partial charge in [0.1, 0.15) is 0 Å². The highest BCUT2D eigenvalue weighted by molar-refractivity contribution is 6.30. The minimum absolute atomic E-state index is 0.0534. The predicted molar refractivity (Wildman–Crippen MR) is 79.8 cm³/mol. The van der Waals surface area contributed by atoms with Crippen molar-refractivity contribution in [2.45, 2.75) is 19.5 Å². The molecule has 0 radical (unpaired) electrons. The van der Waals surface area contributed by atoms with Crippen LogP contribution in [-0.2, 0) is 6.54 Å². The molecule has 0 aromatic heterocycles. The Morgan fingerprint density at radius 3 is 2.71 bits per heavy atom. The molecule has 0 spiro atoms. The molecule has 0 heterocycles. The number of nitrogens with one attached hydrogen (secondary N) is 1. The molecule has 0 aliphatic carbocycles. The van der Waals surface area contributed by atoms with Gasteiger partial charge >= 0.3 is 5.69 Å². The summed E-state index contributed by atoms with van der Waals surface area (Å²) in [6.07, 6.45) is 0. The van der Waals surface area contributed by atoms with E-state index in [9.17, 15) is 14.5 Å². The number of nitro groups is 1. The van der Waals surface area contributed by atoms with Gasteiger partial charge in [-0.15, -0.1) is 0 Å². The zero-order valence-corrected chi connectivity index (χ0v) is 12.1. The fraction of sp³-hybridized carbons (Fsp3) is 0.200. The third-order valence-electron chi connectivity index (χ3n) is 3.20. The highest BCUT2D eigenvalue weighted by Crippen LogP contribution is 2.22. The third kappa shape index (κ3) is 3.77. The first kappa shape index (κ1) is 15.4. The van der Waals surface area contributed by atoms with E-state index in [1.54, 1.807) is 6.07 Å². The highest BCUT2D eigenvalue weighted by Gasteiger charge is 2.17. The van der Waals surface area contributed by atoms with Crippen LogP contribution in [0.4, 0.5) is 10.1 Å². The van der Waals surface area contributed by atoms with E-state index in [1.807, 2.05) is 25.1 Å². The van der Waals surface area contributed by atoms with Crippen LogP contribution in [0.5, 0.6) is 0 Å². The predicted octanol–water partition coefficient (Wildman–Crippen LogP) is 4.24. The average molecular weight is 309 g/mol. The molecule has 0 aliphatic heterocycles. The maximum atomic E-state index is 13.9. The van der Waals surface area contributed by atoms with Crippen LogP contribution in [0.2, 0.25) is 5.02 Å². The van der Waals surface area contributed by atoms with Crippen molar-refractivity contribution in [2.24, 2.45) is 0 Å². The summed E-state index contributed by atoms with van der Waals surface area (Å²) in [7, 11) is 0. The summed E-state index contributed by atoms with van der Waals surface area (Å²) in [6.45, 7) is 2.11. The number of hydrogen-bond donors (Lipinski definition) is 1. The van der Waals surface area contributed by atoms with Gasteiger partial charge in [0.2, 0.25) is 5.82 Å². The molecule has 0 fully saturated rings. The summed E-state index contributed by atoms with van der Waals surface area (Å²) < 4.78 is 13.9. The van der Waals surface area contributed by atoms with E-state index in [0.717, 1.165) is 11.6 Å². The zero-order valence-electron chi connectivity index (χ0n) is 11.3. The van der Waals surface area contributed by atoms with Crippen molar-refractivity contribution in [2.75, 3.05) is 0 Å². The van der Waals surface area contributed by atoms with E-state index in [-0.39, 0.29) is 18.2 Å². The van der Waals surface area contributed by atoms with Gasteiger partial charge in [0.15, 0.2) is 0 Å². The Morgan fingerprint density at radius 1 is 1.33 bits per heavy atom. The van der Waals surface area contributed by atoms with Crippen LogP contribution < -0.4 is 5.32 Å². The van der Waals surface area contributed by atoms with Gasteiger partial charge in [-0.25, -0.2) is 0 Å². The SMILES string of the molecule is C[C@H](NCc1cccc([N+](=O)[O-])c1F)c1cccc(Cl)c1. The van der Waals surface area contributed by atoms with Crippen molar-refractivity contribution < 1.29 is 9.31 Å². The molecule has 0 amide bonds. The largest absolute Gasteiger partial charge is 0.306 e. The van der Waals surface area contributed by atoms with E-state index in [4.69, 9.17) is 11.6 Å². The van der Waals surface area contributed by atoms with Crippen molar-refractivity contribution in [1.82, 2.24) is 5.32 Å². The minimum Gasteiger partial charge on any atom is -0.306 e. The number of rotatable bonds is 5. The Balaban J connectivity index is 2.10. The van der Waals surface area contributed by atoms with Crippen LogP contribution in [0.15, 0.2) is 42.5 Å². The maximum absolute atomic E-state index is 13.9. The lowest BCUT2D eigenvalue weighted by molar-refractivity contribution is -0.387. The van der Waals surface area contributed by atoms with Gasteiger partial charge in [-0.05, 0) is 24.6 Å². The topological polar surface area (TPSA) is 55.2 Å². The van der Waals surface area contributed by atoms with Gasteiger partial charge in [0.05, 0.1) is 4.92 Å². The Morgan fingerprint density at radius 2 is 2.05 bits per heavy atom. The number of nitrogens with zero attached hydrogens (tertiary/aromatic N) is 1. The first-order valence-electron chi connectivity index (χ1n) is 6.39. The Kier molecular flexibility index (Phi) is 4.88. The third-order valence-corrected chi connectivity index (χ3v) is 3.44. The fourth-order valence-electron chi connectivity index (χ4n) is 2.00. The second-order valence-electron chi connectivity index (χ2n) is 4.66. The molecule has 0 saturated carbocycles. The van der Waals surface area contributed by atoms with Crippen molar-refractivity contribution in [1.29, 1.82) is 0 Å². The number of hydrogen-bond acceptors (Lipinski definition) is 3. The van der Waals surface area contributed by atoms with Gasteiger partial charge in [0.25, 0.3) is 0 Å². The normalized spacial score (nSPS) is 12.1. The van der Waals surface area contributed by atoms with Gasteiger partial charge in [0, 0.05) is 29.2 Å². The monoisotopic (exact) mass is 308 g/mol. The van der Waals surface area contributed by atoms with Crippen LogP contribution in [-0.4, -0.2) is 4.92 Å². The smallest absolute Gasteiger partial charge is 0.305 e. The van der Waals surface area contributed by atoms with Gasteiger partial charge in [-0.3, -0.25) is 10.1 Å². The average Bonchev–Trinajstić information content (AvgIpc) is 2.45. The van der Waals surface area contributed by atoms with E-state index in [0.29, 0.717) is 5.02 Å². The lowest BCUT2D eigenvalue weighted by Crippen LogP contribution is -2.19. The molecule has 1 atom stereocenters. The summed E-state index contributed by atoms with van der Waals surface area (Å²) >= 11 is 5.92. The summed E-state index contributed by atoms with van der Waals surface area (Å²) in [6, 6.07) is 11.4. The Bertz CT molecular complexity index is 664. The molecule has 110 valence electrons. The van der Waals surface area contributed by atoms with Crippen molar-refractivity contribution in [3.8, 4) is 0 Å². The molecule has 0 unspecified atom stereocenters. The number of nitro benzene ring substituents is 1. The fourth-order valence-corrected chi connectivity index (χ4v) is 2.20. The standard InChI is InChI=1S/C15H14ClFN2O2/c1-10(11-4-2-6-13(16)8-11)18-9-12-5-3-7-14(15(12)17)19(20)21/h2-8,10,18H,9H2,1H3/t10-/m0/s1. The molecule has 2 aromatic carbocycles. The maximum Gasteiger partial charge on any atom is 0.305 e. The second kappa shape index (κ2) is 6.65. The summed E-state index contributed by atoms with van der Waals surface area (Å²) in [5.41, 5.74) is 0.719. The highest BCUT2D eigenvalue weighted by atomic mass is 35.5. The summed E-state index contributed by atoms with van der Waals surface area (Å²) in [4.78, 5) is 9.98. The number of benzene rings is 2.